The van der Waals surface area contributed by atoms with Gasteiger partial charge in [0, 0.05) is 37.5 Å². The zero-order valence-electron chi connectivity index (χ0n) is 13.1. The summed E-state index contributed by atoms with van der Waals surface area (Å²) in [7, 11) is 1.77. The number of carboxylic acids is 1. The predicted molar refractivity (Wildman–Crippen MR) is 84.7 cm³/mol. The van der Waals surface area contributed by atoms with Gasteiger partial charge in [-0.25, -0.2) is 4.79 Å². The van der Waals surface area contributed by atoms with Gasteiger partial charge in [-0.2, -0.15) is 0 Å². The first-order chi connectivity index (χ1) is 9.86. The third kappa shape index (κ3) is 5.04. The van der Waals surface area contributed by atoms with E-state index in [4.69, 9.17) is 5.11 Å². The van der Waals surface area contributed by atoms with Crippen molar-refractivity contribution in [2.75, 3.05) is 20.1 Å². The molecule has 118 valence electrons. The Morgan fingerprint density at radius 1 is 1.38 bits per heavy atom. The summed E-state index contributed by atoms with van der Waals surface area (Å²) in [4.78, 5) is 27.9. The molecule has 1 N–H and O–H groups in total. The molecule has 6 heteroatoms. The minimum atomic E-state index is -0.879. The summed E-state index contributed by atoms with van der Waals surface area (Å²) >= 11 is 1.68. The van der Waals surface area contributed by atoms with Gasteiger partial charge < -0.3 is 14.9 Å². The maximum Gasteiger partial charge on any atom is 0.320 e. The molecule has 0 saturated carbocycles. The molecule has 5 nitrogen and oxygen atoms in total. The summed E-state index contributed by atoms with van der Waals surface area (Å²) in [6, 6.07) is 4.02. The topological polar surface area (TPSA) is 60.9 Å². The SMILES string of the molecule is CCN(CC(C)C(=O)O)C(=O)N(C)C(C)Cc1cccs1. The fraction of sp³-hybridized carbons (Fsp3) is 0.600. The van der Waals surface area contributed by atoms with Gasteiger partial charge in [-0.1, -0.05) is 13.0 Å². The molecule has 0 aliphatic rings. The summed E-state index contributed by atoms with van der Waals surface area (Å²) in [5.74, 6) is -1.44. The Labute approximate surface area is 130 Å². The van der Waals surface area contributed by atoms with Gasteiger partial charge in [0.25, 0.3) is 0 Å². The first-order valence-electron chi connectivity index (χ1n) is 7.13. The first kappa shape index (κ1) is 17.5. The highest BCUT2D eigenvalue weighted by atomic mass is 32.1. The largest absolute Gasteiger partial charge is 0.481 e. The minimum Gasteiger partial charge on any atom is -0.481 e. The van der Waals surface area contributed by atoms with Crippen LogP contribution in [0.15, 0.2) is 17.5 Å². The summed E-state index contributed by atoms with van der Waals surface area (Å²) < 4.78 is 0. The molecule has 2 amide bonds. The van der Waals surface area contributed by atoms with E-state index in [-0.39, 0.29) is 18.6 Å². The molecule has 0 saturated heterocycles. The zero-order valence-corrected chi connectivity index (χ0v) is 13.9. The summed E-state index contributed by atoms with van der Waals surface area (Å²) in [5.41, 5.74) is 0. The van der Waals surface area contributed by atoms with Gasteiger partial charge in [-0.05, 0) is 25.3 Å². The van der Waals surface area contributed by atoms with Crippen LogP contribution in [0.3, 0.4) is 0 Å². The lowest BCUT2D eigenvalue weighted by Gasteiger charge is -2.32. The highest BCUT2D eigenvalue weighted by Crippen LogP contribution is 2.15. The molecule has 2 atom stereocenters. The van der Waals surface area contributed by atoms with Gasteiger partial charge in [-0.15, -0.1) is 11.3 Å². The van der Waals surface area contributed by atoms with Crippen LogP contribution in [-0.4, -0.2) is 53.1 Å². The number of hydrogen-bond acceptors (Lipinski definition) is 3. The van der Waals surface area contributed by atoms with E-state index in [1.54, 1.807) is 35.1 Å². The van der Waals surface area contributed by atoms with E-state index in [9.17, 15) is 9.59 Å². The van der Waals surface area contributed by atoms with E-state index in [2.05, 4.69) is 6.07 Å². The number of nitrogens with zero attached hydrogens (tertiary/aromatic N) is 2. The maximum atomic E-state index is 12.5. The second-order valence-electron chi connectivity index (χ2n) is 5.30. The van der Waals surface area contributed by atoms with E-state index in [1.165, 1.54) is 4.88 Å². The lowest BCUT2D eigenvalue weighted by atomic mass is 10.1. The van der Waals surface area contributed by atoms with Crippen molar-refractivity contribution in [1.82, 2.24) is 9.80 Å². The lowest BCUT2D eigenvalue weighted by Crippen LogP contribution is -2.47. The van der Waals surface area contributed by atoms with Crippen LogP contribution in [0.5, 0.6) is 0 Å². The number of carbonyl (C=O) groups is 2. The lowest BCUT2D eigenvalue weighted by molar-refractivity contribution is -0.141. The molecular weight excluding hydrogens is 288 g/mol. The standard InChI is InChI=1S/C15H24N2O3S/c1-5-17(10-11(2)14(18)19)15(20)16(4)12(3)9-13-7-6-8-21-13/h6-8,11-12H,5,9-10H2,1-4H3,(H,18,19). The maximum absolute atomic E-state index is 12.5. The Kier molecular flexibility index (Phi) is 6.68. The second-order valence-corrected chi connectivity index (χ2v) is 6.34. The van der Waals surface area contributed by atoms with E-state index in [1.807, 2.05) is 25.3 Å². The average Bonchev–Trinajstić information content (AvgIpc) is 2.95. The van der Waals surface area contributed by atoms with Gasteiger partial charge in [-0.3, -0.25) is 4.79 Å². The van der Waals surface area contributed by atoms with Crippen LogP contribution in [-0.2, 0) is 11.2 Å². The Morgan fingerprint density at radius 2 is 2.05 bits per heavy atom. The summed E-state index contributed by atoms with van der Waals surface area (Å²) in [6.45, 7) is 6.23. The van der Waals surface area contributed by atoms with Crippen molar-refractivity contribution < 1.29 is 14.7 Å². The zero-order chi connectivity index (χ0) is 16.0. The van der Waals surface area contributed by atoms with Crippen LogP contribution in [0.25, 0.3) is 0 Å². The van der Waals surface area contributed by atoms with E-state index < -0.39 is 11.9 Å². The monoisotopic (exact) mass is 312 g/mol. The average molecular weight is 312 g/mol. The molecule has 2 unspecified atom stereocenters. The minimum absolute atomic E-state index is 0.0744. The summed E-state index contributed by atoms with van der Waals surface area (Å²) in [5, 5.41) is 11.0. The highest BCUT2D eigenvalue weighted by Gasteiger charge is 2.24. The number of rotatable bonds is 7. The number of urea groups is 1. The van der Waals surface area contributed by atoms with Gasteiger partial charge in [0.15, 0.2) is 0 Å². The van der Waals surface area contributed by atoms with Crippen molar-refractivity contribution in [3.05, 3.63) is 22.4 Å². The number of amides is 2. The molecular formula is C15H24N2O3S. The van der Waals surface area contributed by atoms with Crippen LogP contribution in [0.2, 0.25) is 0 Å². The van der Waals surface area contributed by atoms with Gasteiger partial charge in [0.1, 0.15) is 0 Å². The van der Waals surface area contributed by atoms with Crippen molar-refractivity contribution in [2.24, 2.45) is 5.92 Å². The number of carboxylic acid groups (broad SMARTS) is 1. The molecule has 0 aliphatic carbocycles. The predicted octanol–water partition coefficient (Wildman–Crippen LogP) is 2.77. The Bertz CT molecular complexity index is 461. The fourth-order valence-corrected chi connectivity index (χ4v) is 2.85. The molecule has 1 heterocycles. The quantitative estimate of drug-likeness (QED) is 0.842. The Balaban J connectivity index is 2.63. The van der Waals surface area contributed by atoms with Crippen LogP contribution >= 0.6 is 11.3 Å². The smallest absolute Gasteiger partial charge is 0.320 e. The molecule has 0 spiro atoms. The highest BCUT2D eigenvalue weighted by molar-refractivity contribution is 7.09. The molecule has 0 radical (unpaired) electrons. The van der Waals surface area contributed by atoms with Crippen molar-refractivity contribution in [1.29, 1.82) is 0 Å². The van der Waals surface area contributed by atoms with Crippen LogP contribution in [0.1, 0.15) is 25.6 Å². The fourth-order valence-electron chi connectivity index (χ4n) is 2.02. The Morgan fingerprint density at radius 3 is 2.52 bits per heavy atom. The van der Waals surface area contributed by atoms with E-state index in [0.717, 1.165) is 6.42 Å². The van der Waals surface area contributed by atoms with Crippen molar-refractivity contribution in [3.63, 3.8) is 0 Å². The first-order valence-corrected chi connectivity index (χ1v) is 8.01. The summed E-state index contributed by atoms with van der Waals surface area (Å²) in [6.07, 6.45) is 0.811. The van der Waals surface area contributed by atoms with Crippen molar-refractivity contribution in [3.8, 4) is 0 Å². The van der Waals surface area contributed by atoms with Gasteiger partial charge in [0.2, 0.25) is 0 Å². The molecule has 21 heavy (non-hydrogen) atoms. The Hall–Kier alpha value is -1.56. The van der Waals surface area contributed by atoms with Gasteiger partial charge >= 0.3 is 12.0 Å². The van der Waals surface area contributed by atoms with Crippen LogP contribution < -0.4 is 0 Å². The molecule has 0 aliphatic heterocycles. The number of aliphatic carboxylic acids is 1. The van der Waals surface area contributed by atoms with Gasteiger partial charge in [0.05, 0.1) is 5.92 Å². The number of carbonyl (C=O) groups excluding carboxylic acids is 1. The number of hydrogen-bond donors (Lipinski definition) is 1. The molecule has 0 aromatic carbocycles. The number of thiophene rings is 1. The third-order valence-corrected chi connectivity index (χ3v) is 4.51. The molecule has 0 fully saturated rings. The van der Waals surface area contributed by atoms with Crippen molar-refractivity contribution in [2.45, 2.75) is 33.2 Å². The van der Waals surface area contributed by atoms with Crippen molar-refractivity contribution >= 4 is 23.3 Å². The number of likely N-dealkylation sites (N-methyl/N-ethyl adjacent to an activating group) is 1. The normalized spacial score (nSPS) is 13.5. The van der Waals surface area contributed by atoms with Crippen LogP contribution in [0, 0.1) is 5.92 Å². The molecule has 1 aromatic heterocycles. The van der Waals surface area contributed by atoms with Crippen LogP contribution in [0.4, 0.5) is 4.79 Å². The third-order valence-electron chi connectivity index (χ3n) is 3.61. The van der Waals surface area contributed by atoms with E-state index in [0.29, 0.717) is 6.54 Å². The van der Waals surface area contributed by atoms with E-state index >= 15 is 0 Å². The molecule has 1 aromatic rings. The molecule has 1 rings (SSSR count). The second kappa shape index (κ2) is 8.02. The molecule has 0 bridgehead atoms.